The largest absolute Gasteiger partial charge is 0.207 e. The van der Waals surface area contributed by atoms with E-state index in [2.05, 4.69) is 6.07 Å². The Hall–Kier alpha value is -2.14. The molecule has 0 N–H and O–H groups in total. The van der Waals surface area contributed by atoms with Crippen LogP contribution in [0.25, 0.3) is 0 Å². The fraction of sp³-hybridized carbons (Fsp3) is 0.188. The van der Waals surface area contributed by atoms with Gasteiger partial charge in [-0.2, -0.15) is 5.26 Å². The van der Waals surface area contributed by atoms with Crippen LogP contribution in [-0.2, 0) is 6.42 Å². The number of hydrogen-bond acceptors (Lipinski definition) is 1. The van der Waals surface area contributed by atoms with E-state index < -0.39 is 0 Å². The maximum atomic E-state index is 13.1. The number of aryl methyl sites for hydroxylation is 1. The molecule has 2 heteroatoms. The first-order valence-corrected chi connectivity index (χ1v) is 5.98. The van der Waals surface area contributed by atoms with Crippen LogP contribution in [-0.4, -0.2) is 0 Å². The highest BCUT2D eigenvalue weighted by atomic mass is 19.1. The van der Waals surface area contributed by atoms with E-state index in [9.17, 15) is 9.65 Å². The summed E-state index contributed by atoms with van der Waals surface area (Å²) in [7, 11) is 0. The Morgan fingerprint density at radius 1 is 1.06 bits per heavy atom. The number of benzene rings is 2. The topological polar surface area (TPSA) is 23.8 Å². The molecule has 2 rings (SSSR count). The predicted molar refractivity (Wildman–Crippen MR) is 69.5 cm³/mol. The Balaban J connectivity index is 2.05. The zero-order chi connectivity index (χ0) is 12.8. The normalized spacial score (nSPS) is 11.8. The minimum absolute atomic E-state index is 0.249. The Morgan fingerprint density at radius 3 is 2.50 bits per heavy atom. The van der Waals surface area contributed by atoms with Crippen molar-refractivity contribution >= 4 is 0 Å². The lowest BCUT2D eigenvalue weighted by Crippen LogP contribution is -1.99. The standard InChI is InChI=1S/C16H14FN/c17-16-8-4-7-14(11-16)15(12-18)10-9-13-5-2-1-3-6-13/h1-8,11,15H,9-10H2. The molecule has 0 spiro atoms. The van der Waals surface area contributed by atoms with E-state index in [4.69, 9.17) is 0 Å². The fourth-order valence-corrected chi connectivity index (χ4v) is 1.98. The van der Waals surface area contributed by atoms with Crippen LogP contribution in [0.2, 0.25) is 0 Å². The molecule has 0 saturated carbocycles. The summed E-state index contributed by atoms with van der Waals surface area (Å²) in [6.45, 7) is 0. The molecule has 18 heavy (non-hydrogen) atoms. The lowest BCUT2D eigenvalue weighted by atomic mass is 9.93. The van der Waals surface area contributed by atoms with Crippen molar-refractivity contribution in [2.45, 2.75) is 18.8 Å². The van der Waals surface area contributed by atoms with Gasteiger partial charge in [0, 0.05) is 0 Å². The van der Waals surface area contributed by atoms with Gasteiger partial charge in [-0.25, -0.2) is 4.39 Å². The minimum Gasteiger partial charge on any atom is -0.207 e. The molecule has 0 saturated heterocycles. The van der Waals surface area contributed by atoms with Crippen molar-refractivity contribution in [3.63, 3.8) is 0 Å². The molecule has 0 heterocycles. The summed E-state index contributed by atoms with van der Waals surface area (Å²) in [5.41, 5.74) is 1.96. The SMILES string of the molecule is N#CC(CCc1ccccc1)c1cccc(F)c1. The third-order valence-corrected chi connectivity index (χ3v) is 2.97. The Labute approximate surface area is 107 Å². The van der Waals surface area contributed by atoms with Gasteiger partial charge in [-0.05, 0) is 36.1 Å². The Bertz CT molecular complexity index is 543. The average Bonchev–Trinajstić information content (AvgIpc) is 2.41. The number of nitrogens with zero attached hydrogens (tertiary/aromatic N) is 1. The molecule has 0 aliphatic carbocycles. The van der Waals surface area contributed by atoms with Gasteiger partial charge in [0.1, 0.15) is 5.82 Å². The van der Waals surface area contributed by atoms with E-state index in [-0.39, 0.29) is 11.7 Å². The Morgan fingerprint density at radius 2 is 1.83 bits per heavy atom. The molecule has 2 aromatic rings. The molecule has 0 bridgehead atoms. The molecular formula is C16H14FN. The van der Waals surface area contributed by atoms with Crippen LogP contribution in [0.4, 0.5) is 4.39 Å². The van der Waals surface area contributed by atoms with E-state index in [0.29, 0.717) is 6.42 Å². The van der Waals surface area contributed by atoms with E-state index in [1.807, 2.05) is 36.4 Å². The van der Waals surface area contributed by atoms with Gasteiger partial charge in [-0.3, -0.25) is 0 Å². The van der Waals surface area contributed by atoms with Gasteiger partial charge in [0.2, 0.25) is 0 Å². The van der Waals surface area contributed by atoms with Crippen molar-refractivity contribution in [1.29, 1.82) is 5.26 Å². The fourth-order valence-electron chi connectivity index (χ4n) is 1.98. The second-order valence-electron chi connectivity index (χ2n) is 4.26. The van der Waals surface area contributed by atoms with Crippen LogP contribution in [0.5, 0.6) is 0 Å². The molecular weight excluding hydrogens is 225 g/mol. The molecule has 2 aromatic carbocycles. The second-order valence-corrected chi connectivity index (χ2v) is 4.26. The van der Waals surface area contributed by atoms with Crippen molar-refractivity contribution < 1.29 is 4.39 Å². The summed E-state index contributed by atoms with van der Waals surface area (Å²) in [5.74, 6) is -0.534. The predicted octanol–water partition coefficient (Wildman–Crippen LogP) is 4.07. The zero-order valence-electron chi connectivity index (χ0n) is 10.0. The third kappa shape index (κ3) is 3.18. The quantitative estimate of drug-likeness (QED) is 0.789. The van der Waals surface area contributed by atoms with E-state index in [1.165, 1.54) is 17.7 Å². The first-order chi connectivity index (χ1) is 8.79. The monoisotopic (exact) mass is 239 g/mol. The summed E-state index contributed by atoms with van der Waals surface area (Å²) in [4.78, 5) is 0. The zero-order valence-corrected chi connectivity index (χ0v) is 10.0. The van der Waals surface area contributed by atoms with Crippen molar-refractivity contribution in [3.05, 3.63) is 71.5 Å². The summed E-state index contributed by atoms with van der Waals surface area (Å²) in [5, 5.41) is 9.18. The van der Waals surface area contributed by atoms with E-state index in [0.717, 1.165) is 12.0 Å². The van der Waals surface area contributed by atoms with Crippen LogP contribution in [0.1, 0.15) is 23.5 Å². The van der Waals surface area contributed by atoms with Gasteiger partial charge < -0.3 is 0 Å². The second kappa shape index (κ2) is 5.97. The maximum absolute atomic E-state index is 13.1. The van der Waals surface area contributed by atoms with Gasteiger partial charge in [-0.15, -0.1) is 0 Å². The van der Waals surface area contributed by atoms with Crippen LogP contribution in [0.3, 0.4) is 0 Å². The Kier molecular flexibility index (Phi) is 4.09. The molecule has 1 atom stereocenters. The van der Waals surface area contributed by atoms with E-state index >= 15 is 0 Å². The molecule has 0 aliphatic rings. The van der Waals surface area contributed by atoms with Gasteiger partial charge in [0.15, 0.2) is 0 Å². The van der Waals surface area contributed by atoms with Gasteiger partial charge in [0.25, 0.3) is 0 Å². The highest BCUT2D eigenvalue weighted by Crippen LogP contribution is 2.21. The summed E-state index contributed by atoms with van der Waals surface area (Å²) >= 11 is 0. The summed E-state index contributed by atoms with van der Waals surface area (Å²) < 4.78 is 13.1. The molecule has 0 aromatic heterocycles. The van der Waals surface area contributed by atoms with Gasteiger partial charge >= 0.3 is 0 Å². The smallest absolute Gasteiger partial charge is 0.123 e. The molecule has 0 aliphatic heterocycles. The van der Waals surface area contributed by atoms with Crippen LogP contribution < -0.4 is 0 Å². The first-order valence-electron chi connectivity index (χ1n) is 5.98. The minimum atomic E-state index is -0.285. The number of rotatable bonds is 4. The number of nitriles is 1. The number of halogens is 1. The highest BCUT2D eigenvalue weighted by molar-refractivity contribution is 5.26. The van der Waals surface area contributed by atoms with Crippen molar-refractivity contribution in [2.75, 3.05) is 0 Å². The van der Waals surface area contributed by atoms with Crippen molar-refractivity contribution in [2.24, 2.45) is 0 Å². The maximum Gasteiger partial charge on any atom is 0.123 e. The first kappa shape index (κ1) is 12.3. The van der Waals surface area contributed by atoms with Gasteiger partial charge in [-0.1, -0.05) is 42.5 Å². The lowest BCUT2D eigenvalue weighted by Gasteiger charge is -2.09. The number of hydrogen-bond donors (Lipinski definition) is 0. The summed E-state index contributed by atoms with van der Waals surface area (Å²) in [6, 6.07) is 18.6. The average molecular weight is 239 g/mol. The highest BCUT2D eigenvalue weighted by Gasteiger charge is 2.11. The van der Waals surface area contributed by atoms with Crippen LogP contribution >= 0.6 is 0 Å². The molecule has 0 fully saturated rings. The molecule has 1 unspecified atom stereocenters. The summed E-state index contributed by atoms with van der Waals surface area (Å²) in [6.07, 6.45) is 1.54. The van der Waals surface area contributed by atoms with Crippen LogP contribution in [0.15, 0.2) is 54.6 Å². The third-order valence-electron chi connectivity index (χ3n) is 2.97. The van der Waals surface area contributed by atoms with Crippen LogP contribution in [0, 0.1) is 17.1 Å². The van der Waals surface area contributed by atoms with Crippen molar-refractivity contribution in [1.82, 2.24) is 0 Å². The molecule has 90 valence electrons. The lowest BCUT2D eigenvalue weighted by molar-refractivity contribution is 0.622. The molecule has 0 amide bonds. The molecule has 0 radical (unpaired) electrons. The van der Waals surface area contributed by atoms with Gasteiger partial charge in [0.05, 0.1) is 12.0 Å². The molecule has 1 nitrogen and oxygen atoms in total. The van der Waals surface area contributed by atoms with E-state index in [1.54, 1.807) is 6.07 Å². The van der Waals surface area contributed by atoms with Crippen molar-refractivity contribution in [3.8, 4) is 6.07 Å².